The third-order valence-electron chi connectivity index (χ3n) is 5.82. The van der Waals surface area contributed by atoms with E-state index < -0.39 is 26.1 Å². The summed E-state index contributed by atoms with van der Waals surface area (Å²) >= 11 is 0. The number of rotatable bonds is 8. The second-order valence-electron chi connectivity index (χ2n) is 8.18. The van der Waals surface area contributed by atoms with Gasteiger partial charge in [-0.1, -0.05) is 48.0 Å². The summed E-state index contributed by atoms with van der Waals surface area (Å²) in [6.45, 7) is 3.51. The Bertz CT molecular complexity index is 1450. The number of methoxy groups -OCH3 is 1. The van der Waals surface area contributed by atoms with Crippen molar-refractivity contribution >= 4 is 31.4 Å². The second kappa shape index (κ2) is 9.71. The predicted molar refractivity (Wildman–Crippen MR) is 137 cm³/mol. The number of para-hydroxylation sites is 1. The van der Waals surface area contributed by atoms with Gasteiger partial charge in [0, 0.05) is 12.0 Å². The minimum Gasteiger partial charge on any atom is -0.497 e. The van der Waals surface area contributed by atoms with Gasteiger partial charge in [0.15, 0.2) is 0 Å². The zero-order chi connectivity index (χ0) is 25.2. The molecule has 35 heavy (non-hydrogen) atoms. The highest BCUT2D eigenvalue weighted by Crippen LogP contribution is 2.38. The van der Waals surface area contributed by atoms with Crippen molar-refractivity contribution in [1.29, 1.82) is 0 Å². The Morgan fingerprint density at radius 2 is 1.63 bits per heavy atom. The monoisotopic (exact) mass is 513 g/mol. The van der Waals surface area contributed by atoms with E-state index in [-0.39, 0.29) is 17.1 Å². The molecule has 0 saturated heterocycles. The lowest BCUT2D eigenvalue weighted by atomic mass is 9.98. The molecule has 1 N–H and O–H groups in total. The number of aryl methyl sites for hydroxylation is 1. The SMILES string of the molecule is CCS(=O)(=O)Nc1ccccc1C1=NN(S(=O)(=O)c2ccc(OC)cc2)[C@@H](c2ccc(C)cc2)C1. The van der Waals surface area contributed by atoms with Crippen LogP contribution in [-0.4, -0.2) is 39.8 Å². The molecule has 4 rings (SSSR count). The van der Waals surface area contributed by atoms with E-state index in [1.54, 1.807) is 43.3 Å². The first-order valence-corrected chi connectivity index (χ1v) is 14.2. The first kappa shape index (κ1) is 24.7. The molecule has 10 heteroatoms. The van der Waals surface area contributed by atoms with Crippen molar-refractivity contribution in [1.82, 2.24) is 4.41 Å². The van der Waals surface area contributed by atoms with Crippen LogP contribution in [-0.2, 0) is 20.0 Å². The number of nitrogens with one attached hydrogen (secondary N) is 1. The Hall–Kier alpha value is -3.37. The molecule has 3 aromatic carbocycles. The number of nitrogens with zero attached hydrogens (tertiary/aromatic N) is 2. The van der Waals surface area contributed by atoms with E-state index in [1.807, 2.05) is 31.2 Å². The summed E-state index contributed by atoms with van der Waals surface area (Å²) in [5.41, 5.74) is 3.21. The summed E-state index contributed by atoms with van der Waals surface area (Å²) in [4.78, 5) is 0.0837. The third-order valence-corrected chi connectivity index (χ3v) is 8.81. The molecular formula is C25H27N3O5S2. The molecule has 0 aromatic heterocycles. The van der Waals surface area contributed by atoms with Gasteiger partial charge in [0.2, 0.25) is 10.0 Å². The van der Waals surface area contributed by atoms with Gasteiger partial charge in [-0.05, 0) is 49.7 Å². The smallest absolute Gasteiger partial charge is 0.279 e. The minimum absolute atomic E-state index is 0.0837. The standard InChI is InChI=1S/C25H27N3O5S2/c1-4-34(29,30)27-23-8-6-5-7-22(23)24-17-25(19-11-9-18(2)10-12-19)28(26-24)35(31,32)21-15-13-20(33-3)14-16-21/h5-16,25,27H,4,17H2,1-3H3/t25-/m1/s1. The van der Waals surface area contributed by atoms with Crippen molar-refractivity contribution in [2.75, 3.05) is 17.6 Å². The maximum atomic E-state index is 13.7. The Balaban J connectivity index is 1.81. The zero-order valence-electron chi connectivity index (χ0n) is 19.7. The van der Waals surface area contributed by atoms with Gasteiger partial charge in [0.1, 0.15) is 5.75 Å². The van der Waals surface area contributed by atoms with Crippen LogP contribution in [0.4, 0.5) is 5.69 Å². The molecule has 0 aliphatic carbocycles. The number of anilines is 1. The summed E-state index contributed by atoms with van der Waals surface area (Å²) in [6.07, 6.45) is 0.281. The van der Waals surface area contributed by atoms with Crippen molar-refractivity contribution in [2.45, 2.75) is 31.2 Å². The zero-order valence-corrected chi connectivity index (χ0v) is 21.3. The second-order valence-corrected chi connectivity index (χ2v) is 12.0. The fourth-order valence-corrected chi connectivity index (χ4v) is 5.92. The number of ether oxygens (including phenoxy) is 1. The van der Waals surface area contributed by atoms with Crippen LogP contribution in [0.2, 0.25) is 0 Å². The van der Waals surface area contributed by atoms with Crippen LogP contribution in [0.15, 0.2) is 82.8 Å². The van der Waals surface area contributed by atoms with E-state index >= 15 is 0 Å². The van der Waals surface area contributed by atoms with E-state index in [2.05, 4.69) is 9.82 Å². The lowest BCUT2D eigenvalue weighted by molar-refractivity contribution is 0.371. The van der Waals surface area contributed by atoms with E-state index in [0.29, 0.717) is 22.7 Å². The van der Waals surface area contributed by atoms with E-state index in [9.17, 15) is 16.8 Å². The van der Waals surface area contributed by atoms with E-state index in [4.69, 9.17) is 4.74 Å². The van der Waals surface area contributed by atoms with Gasteiger partial charge in [-0.15, -0.1) is 0 Å². The lowest BCUT2D eigenvalue weighted by Gasteiger charge is -2.23. The molecule has 0 bridgehead atoms. The highest BCUT2D eigenvalue weighted by Gasteiger charge is 2.38. The normalized spacial score (nSPS) is 16.1. The molecule has 0 fully saturated rings. The Labute approximate surface area is 206 Å². The van der Waals surface area contributed by atoms with Gasteiger partial charge in [0.25, 0.3) is 10.0 Å². The van der Waals surface area contributed by atoms with Crippen LogP contribution in [0.25, 0.3) is 0 Å². The molecule has 0 amide bonds. The highest BCUT2D eigenvalue weighted by atomic mass is 32.2. The first-order chi connectivity index (χ1) is 16.6. The Kier molecular flexibility index (Phi) is 6.86. The Morgan fingerprint density at radius 1 is 0.971 bits per heavy atom. The molecule has 1 heterocycles. The van der Waals surface area contributed by atoms with Gasteiger partial charge in [-0.2, -0.15) is 17.9 Å². The summed E-state index contributed by atoms with van der Waals surface area (Å²) in [5, 5.41) is 4.54. The van der Waals surface area contributed by atoms with Crippen LogP contribution in [0.3, 0.4) is 0 Å². The van der Waals surface area contributed by atoms with Crippen LogP contribution >= 0.6 is 0 Å². The summed E-state index contributed by atoms with van der Waals surface area (Å²) < 4.78 is 60.7. The van der Waals surface area contributed by atoms with Gasteiger partial charge >= 0.3 is 0 Å². The van der Waals surface area contributed by atoms with Crippen LogP contribution in [0.1, 0.15) is 36.1 Å². The fourth-order valence-electron chi connectivity index (χ4n) is 3.83. The molecule has 184 valence electrons. The molecule has 8 nitrogen and oxygen atoms in total. The third kappa shape index (κ3) is 5.18. The molecule has 3 aromatic rings. The van der Waals surface area contributed by atoms with Crippen LogP contribution < -0.4 is 9.46 Å². The van der Waals surface area contributed by atoms with Crippen molar-refractivity contribution in [3.05, 3.63) is 89.5 Å². The highest BCUT2D eigenvalue weighted by molar-refractivity contribution is 7.92. The number of hydrogen-bond acceptors (Lipinski definition) is 6. The molecule has 0 radical (unpaired) electrons. The first-order valence-electron chi connectivity index (χ1n) is 11.1. The lowest BCUT2D eigenvalue weighted by Crippen LogP contribution is -2.27. The van der Waals surface area contributed by atoms with Crippen molar-refractivity contribution < 1.29 is 21.6 Å². The average molecular weight is 514 g/mol. The van der Waals surface area contributed by atoms with Crippen molar-refractivity contribution in [3.63, 3.8) is 0 Å². The van der Waals surface area contributed by atoms with Gasteiger partial charge in [-0.3, -0.25) is 4.72 Å². The fraction of sp³-hybridized carbons (Fsp3) is 0.240. The number of hydrogen-bond donors (Lipinski definition) is 1. The summed E-state index contributed by atoms with van der Waals surface area (Å²) in [7, 11) is -6.04. The number of sulfonamides is 2. The molecule has 1 atom stereocenters. The molecule has 0 saturated carbocycles. The predicted octanol–water partition coefficient (Wildman–Crippen LogP) is 4.31. The van der Waals surface area contributed by atoms with Gasteiger partial charge in [-0.25, -0.2) is 8.42 Å². The van der Waals surface area contributed by atoms with Gasteiger partial charge in [0.05, 0.1) is 35.2 Å². The van der Waals surface area contributed by atoms with Crippen LogP contribution in [0, 0.1) is 6.92 Å². The average Bonchev–Trinajstić information content (AvgIpc) is 3.31. The summed E-state index contributed by atoms with van der Waals surface area (Å²) in [6, 6.07) is 20.0. The summed E-state index contributed by atoms with van der Waals surface area (Å²) in [5.74, 6) is 0.458. The van der Waals surface area contributed by atoms with Gasteiger partial charge < -0.3 is 4.74 Å². The Morgan fingerprint density at radius 3 is 2.26 bits per heavy atom. The van der Waals surface area contributed by atoms with E-state index in [0.717, 1.165) is 15.5 Å². The molecule has 1 aliphatic rings. The quantitative estimate of drug-likeness (QED) is 0.483. The molecule has 0 spiro atoms. The number of benzene rings is 3. The maximum Gasteiger partial charge on any atom is 0.279 e. The molecule has 1 aliphatic heterocycles. The minimum atomic E-state index is -4.01. The van der Waals surface area contributed by atoms with Crippen LogP contribution in [0.5, 0.6) is 5.75 Å². The number of hydrazone groups is 1. The maximum absolute atomic E-state index is 13.7. The molecule has 0 unspecified atom stereocenters. The van der Waals surface area contributed by atoms with Crippen molar-refractivity contribution in [3.8, 4) is 5.75 Å². The van der Waals surface area contributed by atoms with E-state index in [1.165, 1.54) is 19.2 Å². The largest absolute Gasteiger partial charge is 0.497 e. The molecular weight excluding hydrogens is 486 g/mol. The topological polar surface area (TPSA) is 105 Å². The van der Waals surface area contributed by atoms with Crippen molar-refractivity contribution in [2.24, 2.45) is 5.10 Å².